The molecule has 0 aliphatic heterocycles. The van der Waals surface area contributed by atoms with E-state index in [0.29, 0.717) is 0 Å². The quantitative estimate of drug-likeness (QED) is 0.169. The molecule has 9 aromatic carbocycles. The molecular formula is C50H32N2O. The predicted octanol–water partition coefficient (Wildman–Crippen LogP) is 14.1. The highest BCUT2D eigenvalue weighted by atomic mass is 16.3. The third-order valence-electron chi connectivity index (χ3n) is 10.7. The summed E-state index contributed by atoms with van der Waals surface area (Å²) in [6, 6.07) is 69.9. The molecule has 0 fully saturated rings. The lowest BCUT2D eigenvalue weighted by atomic mass is 9.98. The van der Waals surface area contributed by atoms with Gasteiger partial charge in [-0.3, -0.25) is 0 Å². The molecule has 248 valence electrons. The first-order valence-electron chi connectivity index (χ1n) is 18.1. The molecule has 0 aliphatic carbocycles. The summed E-state index contributed by atoms with van der Waals surface area (Å²) in [7, 11) is 0. The third kappa shape index (κ3) is 4.61. The van der Waals surface area contributed by atoms with Gasteiger partial charge < -0.3 is 13.9 Å². The van der Waals surface area contributed by atoms with Gasteiger partial charge >= 0.3 is 0 Å². The van der Waals surface area contributed by atoms with Crippen LogP contribution >= 0.6 is 0 Å². The number of fused-ring (bicyclic) bond motifs is 9. The molecule has 0 radical (unpaired) electrons. The molecule has 3 heteroatoms. The van der Waals surface area contributed by atoms with E-state index in [9.17, 15) is 0 Å². The largest absolute Gasteiger partial charge is 0.456 e. The Morgan fingerprint density at radius 2 is 1.08 bits per heavy atom. The molecule has 0 aliphatic rings. The molecule has 2 aromatic heterocycles. The zero-order valence-corrected chi connectivity index (χ0v) is 28.8. The van der Waals surface area contributed by atoms with E-state index in [-0.39, 0.29) is 0 Å². The van der Waals surface area contributed by atoms with Crippen LogP contribution < -0.4 is 4.90 Å². The third-order valence-corrected chi connectivity index (χ3v) is 10.7. The van der Waals surface area contributed by atoms with Gasteiger partial charge in [-0.05, 0) is 87.8 Å². The maximum atomic E-state index is 6.35. The maximum Gasteiger partial charge on any atom is 0.136 e. The average molecular weight is 677 g/mol. The minimum Gasteiger partial charge on any atom is -0.456 e. The van der Waals surface area contributed by atoms with Crippen molar-refractivity contribution in [3.8, 4) is 16.8 Å². The van der Waals surface area contributed by atoms with E-state index in [1.165, 1.54) is 49.0 Å². The minimum absolute atomic E-state index is 0.911. The molecule has 11 rings (SSSR count). The van der Waals surface area contributed by atoms with Crippen LogP contribution in [0.2, 0.25) is 0 Å². The number of hydrogen-bond acceptors (Lipinski definition) is 2. The van der Waals surface area contributed by atoms with Gasteiger partial charge in [-0.15, -0.1) is 0 Å². The van der Waals surface area contributed by atoms with E-state index in [1.807, 2.05) is 12.1 Å². The Morgan fingerprint density at radius 1 is 0.396 bits per heavy atom. The first-order chi connectivity index (χ1) is 26.3. The van der Waals surface area contributed by atoms with Crippen molar-refractivity contribution in [2.24, 2.45) is 0 Å². The summed E-state index contributed by atoms with van der Waals surface area (Å²) in [5.74, 6) is 0. The fourth-order valence-corrected chi connectivity index (χ4v) is 8.38. The monoisotopic (exact) mass is 676 g/mol. The van der Waals surface area contributed by atoms with E-state index < -0.39 is 0 Å². The number of para-hydroxylation sites is 5. The standard InChI is InChI=1S/C50H32N2O/c1-3-14-33(15-4-1)39-18-7-10-22-45(39)51(47-24-13-21-42-40-19-8-11-23-46(40)52(50(42)47)36-16-5-2-6-17-36)37-28-29-38-34(30-37)26-27-35-31-44-41-20-9-12-25-48(41)53-49(44)32-43(35)38/h1-32H. The van der Waals surface area contributed by atoms with Gasteiger partial charge in [0.1, 0.15) is 11.2 Å². The number of furan rings is 1. The van der Waals surface area contributed by atoms with Crippen molar-refractivity contribution in [2.75, 3.05) is 4.90 Å². The highest BCUT2D eigenvalue weighted by Crippen LogP contribution is 2.47. The van der Waals surface area contributed by atoms with Crippen LogP contribution in [0.25, 0.3) is 82.1 Å². The number of rotatable bonds is 5. The smallest absolute Gasteiger partial charge is 0.136 e. The van der Waals surface area contributed by atoms with Crippen LogP contribution in [0.4, 0.5) is 17.1 Å². The number of benzene rings is 9. The lowest BCUT2D eigenvalue weighted by Gasteiger charge is -2.29. The highest BCUT2D eigenvalue weighted by molar-refractivity contribution is 6.18. The van der Waals surface area contributed by atoms with E-state index >= 15 is 0 Å². The van der Waals surface area contributed by atoms with Gasteiger partial charge in [-0.2, -0.15) is 0 Å². The number of aromatic nitrogens is 1. The van der Waals surface area contributed by atoms with Crippen molar-refractivity contribution in [3.63, 3.8) is 0 Å². The lowest BCUT2D eigenvalue weighted by Crippen LogP contribution is -2.13. The summed E-state index contributed by atoms with van der Waals surface area (Å²) >= 11 is 0. The molecule has 0 saturated heterocycles. The summed E-state index contributed by atoms with van der Waals surface area (Å²) in [4.78, 5) is 2.45. The van der Waals surface area contributed by atoms with E-state index in [4.69, 9.17) is 4.42 Å². The van der Waals surface area contributed by atoms with E-state index in [1.54, 1.807) is 0 Å². The molecule has 0 unspecified atom stereocenters. The summed E-state index contributed by atoms with van der Waals surface area (Å²) in [6.07, 6.45) is 0. The van der Waals surface area contributed by atoms with Gasteiger partial charge in [0.05, 0.1) is 22.4 Å². The van der Waals surface area contributed by atoms with Crippen molar-refractivity contribution in [3.05, 3.63) is 194 Å². The summed E-state index contributed by atoms with van der Waals surface area (Å²) in [5.41, 5.74) is 10.9. The molecule has 3 nitrogen and oxygen atoms in total. The topological polar surface area (TPSA) is 21.3 Å². The Kier molecular flexibility index (Phi) is 6.55. The fraction of sp³-hybridized carbons (Fsp3) is 0. The Morgan fingerprint density at radius 3 is 1.94 bits per heavy atom. The predicted molar refractivity (Wildman–Crippen MR) is 223 cm³/mol. The first-order valence-corrected chi connectivity index (χ1v) is 18.1. The zero-order valence-electron chi connectivity index (χ0n) is 28.8. The lowest BCUT2D eigenvalue weighted by molar-refractivity contribution is 0.669. The molecule has 0 bridgehead atoms. The Labute approximate surface area is 306 Å². The first kappa shape index (κ1) is 29.6. The highest BCUT2D eigenvalue weighted by Gasteiger charge is 2.23. The van der Waals surface area contributed by atoms with E-state index in [2.05, 4.69) is 191 Å². The van der Waals surface area contributed by atoms with Crippen molar-refractivity contribution in [1.82, 2.24) is 4.57 Å². The Bertz CT molecular complexity index is 3170. The van der Waals surface area contributed by atoms with Crippen LogP contribution in [-0.4, -0.2) is 4.57 Å². The minimum atomic E-state index is 0.911. The van der Waals surface area contributed by atoms with Crippen LogP contribution in [0, 0.1) is 0 Å². The van der Waals surface area contributed by atoms with Crippen molar-refractivity contribution >= 4 is 82.4 Å². The second kappa shape index (κ2) is 11.7. The van der Waals surface area contributed by atoms with Crippen LogP contribution in [-0.2, 0) is 0 Å². The fourth-order valence-electron chi connectivity index (χ4n) is 8.38. The number of anilines is 3. The van der Waals surface area contributed by atoms with Crippen LogP contribution in [0.5, 0.6) is 0 Å². The van der Waals surface area contributed by atoms with E-state index in [0.717, 1.165) is 50.2 Å². The second-order valence-corrected chi connectivity index (χ2v) is 13.7. The molecule has 0 atom stereocenters. The molecule has 0 spiro atoms. The zero-order chi connectivity index (χ0) is 34.9. The van der Waals surface area contributed by atoms with Gasteiger partial charge in [0, 0.05) is 38.5 Å². The molecule has 53 heavy (non-hydrogen) atoms. The van der Waals surface area contributed by atoms with Gasteiger partial charge in [0.2, 0.25) is 0 Å². The number of nitrogens with zero attached hydrogens (tertiary/aromatic N) is 2. The van der Waals surface area contributed by atoms with Crippen LogP contribution in [0.15, 0.2) is 199 Å². The van der Waals surface area contributed by atoms with Crippen LogP contribution in [0.3, 0.4) is 0 Å². The second-order valence-electron chi connectivity index (χ2n) is 13.7. The molecule has 11 aromatic rings. The van der Waals surface area contributed by atoms with Gasteiger partial charge in [-0.25, -0.2) is 0 Å². The molecular weight excluding hydrogens is 645 g/mol. The Hall–Kier alpha value is -7.10. The van der Waals surface area contributed by atoms with Gasteiger partial charge in [-0.1, -0.05) is 133 Å². The summed E-state index contributed by atoms with van der Waals surface area (Å²) in [6.45, 7) is 0. The number of hydrogen-bond donors (Lipinski definition) is 0. The van der Waals surface area contributed by atoms with Crippen molar-refractivity contribution in [2.45, 2.75) is 0 Å². The average Bonchev–Trinajstić information content (AvgIpc) is 3.77. The summed E-state index contributed by atoms with van der Waals surface area (Å²) < 4.78 is 8.77. The van der Waals surface area contributed by atoms with Crippen LogP contribution in [0.1, 0.15) is 0 Å². The molecule has 0 amide bonds. The molecule has 0 N–H and O–H groups in total. The van der Waals surface area contributed by atoms with Crippen molar-refractivity contribution in [1.29, 1.82) is 0 Å². The molecule has 2 heterocycles. The summed E-state index contributed by atoms with van der Waals surface area (Å²) in [5, 5.41) is 9.49. The molecule has 0 saturated carbocycles. The van der Waals surface area contributed by atoms with Crippen molar-refractivity contribution < 1.29 is 4.42 Å². The van der Waals surface area contributed by atoms with Gasteiger partial charge in [0.25, 0.3) is 0 Å². The normalized spacial score (nSPS) is 11.8. The maximum absolute atomic E-state index is 6.35. The SMILES string of the molecule is c1ccc(-c2ccccc2N(c2ccc3c(ccc4cc5c(cc43)oc3ccccc35)c2)c2cccc3c4ccccc4n(-c4ccccc4)c23)cc1. The van der Waals surface area contributed by atoms with Gasteiger partial charge in [0.15, 0.2) is 0 Å². The Balaban J connectivity index is 1.20.